The zero-order valence-corrected chi connectivity index (χ0v) is 35.5. The Morgan fingerprint density at radius 1 is 0.898 bits per heavy atom. The van der Waals surface area contributed by atoms with E-state index >= 15 is 0 Å². The summed E-state index contributed by atoms with van der Waals surface area (Å²) in [7, 11) is 6.94. The lowest BCUT2D eigenvalue weighted by Gasteiger charge is -2.40. The van der Waals surface area contributed by atoms with Crippen molar-refractivity contribution in [1.82, 2.24) is 14.8 Å². The molecule has 0 N–H and O–H groups in total. The lowest BCUT2D eigenvalue weighted by atomic mass is 9.68. The third-order valence-corrected chi connectivity index (χ3v) is 15.0. The largest absolute Gasteiger partial charge is 0.366 e. The molecule has 2 saturated carbocycles. The highest BCUT2D eigenvalue weighted by atomic mass is 16.5. The van der Waals surface area contributed by atoms with Crippen LogP contribution >= 0.6 is 0 Å². The molecule has 0 aromatic heterocycles. The molecule has 5 heteroatoms. The van der Waals surface area contributed by atoms with Crippen molar-refractivity contribution in [3.8, 4) is 0 Å². The molecule has 1 aliphatic heterocycles. The Labute approximate surface area is 308 Å². The summed E-state index contributed by atoms with van der Waals surface area (Å²) in [5.41, 5.74) is 1.24. The van der Waals surface area contributed by atoms with Gasteiger partial charge in [0.15, 0.2) is 0 Å². The molecule has 9 atom stereocenters. The van der Waals surface area contributed by atoms with E-state index in [0.717, 1.165) is 60.5 Å². The van der Waals surface area contributed by atoms with Crippen LogP contribution in [0.3, 0.4) is 0 Å². The first-order chi connectivity index (χ1) is 23.2. The second-order valence-electron chi connectivity index (χ2n) is 19.2. The van der Waals surface area contributed by atoms with Crippen LogP contribution in [-0.4, -0.2) is 98.7 Å². The molecule has 3 fully saturated rings. The minimum atomic E-state index is 0.573. The van der Waals surface area contributed by atoms with Crippen molar-refractivity contribution in [2.24, 2.45) is 40.4 Å². The van der Waals surface area contributed by atoms with E-state index in [9.17, 15) is 0 Å². The van der Waals surface area contributed by atoms with Gasteiger partial charge in [0.2, 0.25) is 0 Å². The van der Waals surface area contributed by atoms with Crippen molar-refractivity contribution in [1.29, 1.82) is 0 Å². The number of unbranched alkanes of at least 4 members (excludes halogenated alkanes) is 1. The fraction of sp³-hybridized carbons (Fsp3) is 1.00. The summed E-state index contributed by atoms with van der Waals surface area (Å²) in [5, 5.41) is 2.52. The number of hydrogen-bond acceptors (Lipinski definition) is 4. The second-order valence-corrected chi connectivity index (χ2v) is 19.2. The minimum absolute atomic E-state index is 0.573. The zero-order valence-electron chi connectivity index (χ0n) is 35.5. The van der Waals surface area contributed by atoms with E-state index in [0.29, 0.717) is 22.9 Å². The molecule has 0 aromatic rings. The molecule has 2 aliphatic carbocycles. The van der Waals surface area contributed by atoms with Crippen molar-refractivity contribution >= 4 is 0 Å². The van der Waals surface area contributed by atoms with Crippen molar-refractivity contribution in [3.05, 3.63) is 0 Å². The molecule has 3 rings (SSSR count). The van der Waals surface area contributed by atoms with E-state index < -0.39 is 0 Å². The molecule has 0 spiro atoms. The van der Waals surface area contributed by atoms with Crippen LogP contribution in [-0.2, 0) is 4.74 Å². The molecule has 3 aliphatic rings. The summed E-state index contributed by atoms with van der Waals surface area (Å²) in [6, 6.07) is 1.24. The molecule has 1 saturated heterocycles. The fourth-order valence-electron chi connectivity index (χ4n) is 10.8. The smallest absolute Gasteiger partial charge is 0.0990 e. The van der Waals surface area contributed by atoms with Gasteiger partial charge in [-0.1, -0.05) is 74.1 Å². The predicted molar refractivity (Wildman–Crippen MR) is 214 cm³/mol. The van der Waals surface area contributed by atoms with Gasteiger partial charge in [-0.2, -0.15) is 5.01 Å². The Hall–Kier alpha value is -0.200. The zero-order chi connectivity index (χ0) is 36.2. The van der Waals surface area contributed by atoms with Gasteiger partial charge in [0.25, 0.3) is 0 Å². The molecular formula is C44H89N4O+. The highest BCUT2D eigenvalue weighted by Gasteiger charge is 2.52. The summed E-state index contributed by atoms with van der Waals surface area (Å²) in [5.74, 6) is 4.52. The van der Waals surface area contributed by atoms with Gasteiger partial charge in [-0.3, -0.25) is 9.80 Å². The molecule has 1 heterocycles. The monoisotopic (exact) mass is 690 g/mol. The number of ether oxygens (including phenoxy) is 1. The Bertz CT molecular complexity index is 907. The molecular weight excluding hydrogens is 601 g/mol. The van der Waals surface area contributed by atoms with E-state index in [1.165, 1.54) is 122 Å². The molecule has 290 valence electrons. The van der Waals surface area contributed by atoms with Gasteiger partial charge in [0.05, 0.1) is 33.4 Å². The average molecular weight is 690 g/mol. The van der Waals surface area contributed by atoms with Gasteiger partial charge < -0.3 is 4.74 Å². The van der Waals surface area contributed by atoms with Crippen LogP contribution in [0.1, 0.15) is 165 Å². The third-order valence-electron chi connectivity index (χ3n) is 15.0. The van der Waals surface area contributed by atoms with Gasteiger partial charge in [-0.05, 0) is 138 Å². The van der Waals surface area contributed by atoms with Gasteiger partial charge in [-0.15, -0.1) is 0 Å². The van der Waals surface area contributed by atoms with Crippen LogP contribution in [0, 0.1) is 40.4 Å². The Morgan fingerprint density at radius 3 is 2.29 bits per heavy atom. The number of quaternary nitrogens is 1. The number of nitrogens with zero attached hydrogens (tertiary/aromatic N) is 4. The van der Waals surface area contributed by atoms with Gasteiger partial charge in [0, 0.05) is 39.3 Å². The molecule has 5 nitrogen and oxygen atoms in total. The first-order valence-electron chi connectivity index (χ1n) is 21.8. The maximum Gasteiger partial charge on any atom is 0.0990 e. The maximum atomic E-state index is 6.24. The number of hydrogen-bond donors (Lipinski definition) is 0. The van der Waals surface area contributed by atoms with E-state index in [2.05, 4.69) is 98.3 Å². The first kappa shape index (κ1) is 43.2. The summed E-state index contributed by atoms with van der Waals surface area (Å²) < 4.78 is 7.21. The summed E-state index contributed by atoms with van der Waals surface area (Å²) in [6.07, 6.45) is 22.2. The van der Waals surface area contributed by atoms with Crippen LogP contribution in [0.4, 0.5) is 0 Å². The van der Waals surface area contributed by atoms with Crippen molar-refractivity contribution in [2.45, 2.75) is 177 Å². The summed E-state index contributed by atoms with van der Waals surface area (Å²) in [6.45, 7) is 30.1. The topological polar surface area (TPSA) is 19.0 Å². The van der Waals surface area contributed by atoms with Crippen LogP contribution in [0.2, 0.25) is 0 Å². The standard InChI is InChI=1S/C44H89N4O/c1-13-16-20-41(32-42-37(5)21-24-43(42,9)23-14-2)34-44(33-38(44)6)25-22-36(4)40(8)47-27-18-26-46(28-29-47)35-49-31-17-19-39(7)45(10)48(11,12)30-15-3/h36-42H,13-35H2,1-12H3/q+1. The predicted octanol–water partition coefficient (Wildman–Crippen LogP) is 10.7. The Balaban J connectivity index is 1.42. The van der Waals surface area contributed by atoms with Crippen LogP contribution < -0.4 is 0 Å². The number of rotatable bonds is 24. The summed E-state index contributed by atoms with van der Waals surface area (Å²) in [4.78, 5) is 5.39. The van der Waals surface area contributed by atoms with Gasteiger partial charge in [0.1, 0.15) is 0 Å². The first-order valence-corrected chi connectivity index (χ1v) is 21.8. The fourth-order valence-corrected chi connectivity index (χ4v) is 10.8. The van der Waals surface area contributed by atoms with Gasteiger partial charge >= 0.3 is 0 Å². The summed E-state index contributed by atoms with van der Waals surface area (Å²) >= 11 is 0. The van der Waals surface area contributed by atoms with Crippen LogP contribution in [0.5, 0.6) is 0 Å². The normalized spacial score (nSPS) is 31.2. The van der Waals surface area contributed by atoms with E-state index in [4.69, 9.17) is 4.74 Å². The average Bonchev–Trinajstić information content (AvgIpc) is 3.70. The molecule has 0 aromatic carbocycles. The Kier molecular flexibility index (Phi) is 17.9. The van der Waals surface area contributed by atoms with E-state index in [1.54, 1.807) is 0 Å². The van der Waals surface area contributed by atoms with Crippen molar-refractivity contribution in [2.75, 3.05) is 67.2 Å². The highest BCUT2D eigenvalue weighted by Crippen LogP contribution is 2.62. The molecule has 0 radical (unpaired) electrons. The SMILES string of the molecule is CCCCC(CC1C(C)CCC1(C)CCC)CC1(CCC(C)C(C)N2CCCN(COCCCC(C)N(C)[N+](C)(C)CCC)CC2)CC1C. The van der Waals surface area contributed by atoms with Gasteiger partial charge in [-0.25, -0.2) is 4.59 Å². The maximum absolute atomic E-state index is 6.24. The lowest BCUT2D eigenvalue weighted by molar-refractivity contribution is -1.00. The Morgan fingerprint density at radius 2 is 1.63 bits per heavy atom. The van der Waals surface area contributed by atoms with Crippen LogP contribution in [0.25, 0.3) is 0 Å². The molecule has 0 amide bonds. The van der Waals surface area contributed by atoms with E-state index in [1.807, 2.05) is 0 Å². The highest BCUT2D eigenvalue weighted by molar-refractivity contribution is 5.02. The molecule has 0 bridgehead atoms. The minimum Gasteiger partial charge on any atom is -0.366 e. The quantitative estimate of drug-likeness (QED) is 0.0570. The molecule has 9 unspecified atom stereocenters. The van der Waals surface area contributed by atoms with E-state index in [-0.39, 0.29) is 0 Å². The lowest BCUT2D eigenvalue weighted by Crippen LogP contribution is -2.56. The molecule has 49 heavy (non-hydrogen) atoms. The third kappa shape index (κ3) is 12.7. The van der Waals surface area contributed by atoms with Crippen molar-refractivity contribution in [3.63, 3.8) is 0 Å². The van der Waals surface area contributed by atoms with Crippen LogP contribution in [0.15, 0.2) is 0 Å². The van der Waals surface area contributed by atoms with Crippen molar-refractivity contribution < 1.29 is 9.33 Å². The second kappa shape index (κ2) is 20.3.